The van der Waals surface area contributed by atoms with Gasteiger partial charge in [-0.25, -0.2) is 0 Å². The first-order valence-corrected chi connectivity index (χ1v) is 11.3. The molecule has 0 saturated carbocycles. The van der Waals surface area contributed by atoms with Crippen LogP contribution >= 0.6 is 11.8 Å². The lowest BCUT2D eigenvalue weighted by Gasteiger charge is -2.15. The van der Waals surface area contributed by atoms with Crippen LogP contribution in [0.1, 0.15) is 22.8 Å². The molecule has 184 valence electrons. The summed E-state index contributed by atoms with van der Waals surface area (Å²) in [6, 6.07) is 16.3. The van der Waals surface area contributed by atoms with Gasteiger partial charge in [0.1, 0.15) is 17.1 Å². The highest BCUT2D eigenvalue weighted by Crippen LogP contribution is 2.32. The number of anilines is 2. The van der Waals surface area contributed by atoms with E-state index in [9.17, 15) is 22.8 Å². The fourth-order valence-electron chi connectivity index (χ4n) is 3.19. The summed E-state index contributed by atoms with van der Waals surface area (Å²) in [6.07, 6.45) is -4.50. The molecule has 1 atom stereocenters. The zero-order valence-corrected chi connectivity index (χ0v) is 19.9. The number of hydrogen-bond donors (Lipinski definition) is 2. The Bertz CT molecular complexity index is 1200. The van der Waals surface area contributed by atoms with Gasteiger partial charge in [-0.15, -0.1) is 11.8 Å². The van der Waals surface area contributed by atoms with Crippen LogP contribution in [0.3, 0.4) is 0 Å². The minimum Gasteiger partial charge on any atom is -0.496 e. The Kier molecular flexibility index (Phi) is 8.29. The summed E-state index contributed by atoms with van der Waals surface area (Å²) in [7, 11) is 2.91. The molecule has 0 spiro atoms. The van der Waals surface area contributed by atoms with E-state index in [1.165, 1.54) is 38.1 Å². The summed E-state index contributed by atoms with van der Waals surface area (Å²) >= 11 is 1.20. The summed E-state index contributed by atoms with van der Waals surface area (Å²) in [4.78, 5) is 26.1. The Labute approximate surface area is 204 Å². The average molecular weight is 505 g/mol. The molecule has 0 radical (unpaired) electrons. The molecule has 0 aliphatic heterocycles. The van der Waals surface area contributed by atoms with E-state index in [4.69, 9.17) is 9.47 Å². The highest BCUT2D eigenvalue weighted by Gasteiger charge is 2.30. The first-order chi connectivity index (χ1) is 16.6. The Hall–Kier alpha value is -3.66. The molecule has 0 bridgehead atoms. The van der Waals surface area contributed by atoms with E-state index in [2.05, 4.69) is 10.6 Å². The highest BCUT2D eigenvalue weighted by atomic mass is 32.2. The summed E-state index contributed by atoms with van der Waals surface area (Å²) in [5.41, 5.74) is -0.0578. The van der Waals surface area contributed by atoms with Crippen LogP contribution in [0.5, 0.6) is 11.5 Å². The van der Waals surface area contributed by atoms with Crippen molar-refractivity contribution in [2.24, 2.45) is 0 Å². The minimum absolute atomic E-state index is 0.0593. The molecule has 6 nitrogen and oxygen atoms in total. The molecule has 0 aromatic heterocycles. The van der Waals surface area contributed by atoms with E-state index in [1.807, 2.05) is 0 Å². The quantitative estimate of drug-likeness (QED) is 0.363. The fourth-order valence-corrected chi connectivity index (χ4v) is 4.12. The normalized spacial score (nSPS) is 11.9. The lowest BCUT2D eigenvalue weighted by molar-refractivity contribution is -0.137. The number of nitrogens with one attached hydrogen (secondary N) is 2. The third-order valence-electron chi connectivity index (χ3n) is 4.89. The van der Waals surface area contributed by atoms with Gasteiger partial charge < -0.3 is 20.1 Å². The zero-order chi connectivity index (χ0) is 25.6. The van der Waals surface area contributed by atoms with Crippen LogP contribution in [0.4, 0.5) is 24.5 Å². The van der Waals surface area contributed by atoms with Gasteiger partial charge in [0.15, 0.2) is 0 Å². The highest BCUT2D eigenvalue weighted by molar-refractivity contribution is 8.00. The molecule has 1 unspecified atom stereocenters. The molecule has 35 heavy (non-hydrogen) atoms. The van der Waals surface area contributed by atoms with E-state index in [0.29, 0.717) is 22.1 Å². The first kappa shape index (κ1) is 26.0. The summed E-state index contributed by atoms with van der Waals surface area (Å²) < 4.78 is 49.3. The number of hydrogen-bond acceptors (Lipinski definition) is 5. The predicted octanol–water partition coefficient (Wildman–Crippen LogP) is 6.09. The van der Waals surface area contributed by atoms with Crippen molar-refractivity contribution in [1.82, 2.24) is 0 Å². The van der Waals surface area contributed by atoms with Gasteiger partial charge in [-0.2, -0.15) is 13.2 Å². The van der Waals surface area contributed by atoms with Gasteiger partial charge >= 0.3 is 6.18 Å². The van der Waals surface area contributed by atoms with Crippen molar-refractivity contribution in [2.45, 2.75) is 23.2 Å². The molecule has 3 aromatic carbocycles. The maximum atomic E-state index is 12.9. The molecule has 3 aromatic rings. The second kappa shape index (κ2) is 11.2. The lowest BCUT2D eigenvalue weighted by atomic mass is 10.1. The maximum Gasteiger partial charge on any atom is 0.416 e. The van der Waals surface area contributed by atoms with Gasteiger partial charge in [-0.05, 0) is 55.5 Å². The van der Waals surface area contributed by atoms with Crippen LogP contribution in [-0.2, 0) is 11.0 Å². The summed E-state index contributed by atoms with van der Waals surface area (Å²) in [6.45, 7) is 1.64. The SMILES string of the molecule is COc1cccc(OC)c1C(=O)Nc1cccc(SC(C)C(=O)Nc2cccc(C(F)(F)F)c2)c1. The number of carbonyl (C=O) groups is 2. The lowest BCUT2D eigenvalue weighted by Crippen LogP contribution is -2.22. The van der Waals surface area contributed by atoms with Crippen LogP contribution in [0.25, 0.3) is 0 Å². The molecule has 0 fully saturated rings. The van der Waals surface area contributed by atoms with Gasteiger partial charge in [0.05, 0.1) is 25.0 Å². The number of benzene rings is 3. The molecular formula is C25H23F3N2O4S. The van der Waals surface area contributed by atoms with Gasteiger partial charge in [0.25, 0.3) is 5.91 Å². The van der Waals surface area contributed by atoms with Gasteiger partial charge in [-0.3, -0.25) is 9.59 Å². The Morgan fingerprint density at radius 2 is 1.43 bits per heavy atom. The van der Waals surface area contributed by atoms with Crippen molar-refractivity contribution in [2.75, 3.05) is 24.9 Å². The average Bonchev–Trinajstić information content (AvgIpc) is 2.83. The van der Waals surface area contributed by atoms with Crippen molar-refractivity contribution in [3.63, 3.8) is 0 Å². The molecule has 3 rings (SSSR count). The standard InChI is InChI=1S/C25H23F3N2O4S/c1-15(23(31)29-17-8-4-7-16(13-17)25(26,27)28)35-19-10-5-9-18(14-19)30-24(32)22-20(33-2)11-6-12-21(22)34-3/h4-15H,1-3H3,(H,29,31)(H,30,32). The number of carbonyl (C=O) groups excluding carboxylic acids is 2. The number of amides is 2. The Balaban J connectivity index is 1.69. The molecule has 0 heterocycles. The van der Waals surface area contributed by atoms with Gasteiger partial charge in [0.2, 0.25) is 5.91 Å². The van der Waals surface area contributed by atoms with Crippen LogP contribution in [0.15, 0.2) is 71.6 Å². The first-order valence-electron chi connectivity index (χ1n) is 10.4. The number of ether oxygens (including phenoxy) is 2. The minimum atomic E-state index is -4.50. The third kappa shape index (κ3) is 6.69. The molecule has 10 heteroatoms. The van der Waals surface area contributed by atoms with Crippen molar-refractivity contribution >= 4 is 35.0 Å². The van der Waals surface area contributed by atoms with Gasteiger partial charge in [-0.1, -0.05) is 18.2 Å². The second-order valence-corrected chi connectivity index (χ2v) is 8.76. The molecule has 0 aliphatic rings. The summed E-state index contributed by atoms with van der Waals surface area (Å²) in [5.74, 6) is -0.182. The topological polar surface area (TPSA) is 76.7 Å². The van der Waals surface area contributed by atoms with Crippen molar-refractivity contribution in [3.05, 3.63) is 77.9 Å². The van der Waals surface area contributed by atoms with Crippen molar-refractivity contribution < 1.29 is 32.2 Å². The van der Waals surface area contributed by atoms with E-state index < -0.39 is 28.8 Å². The van der Waals surface area contributed by atoms with Crippen molar-refractivity contribution in [3.8, 4) is 11.5 Å². The third-order valence-corrected chi connectivity index (χ3v) is 5.98. The second-order valence-electron chi connectivity index (χ2n) is 7.35. The monoisotopic (exact) mass is 504 g/mol. The number of thioether (sulfide) groups is 1. The summed E-state index contributed by atoms with van der Waals surface area (Å²) in [5, 5.41) is 4.68. The zero-order valence-electron chi connectivity index (χ0n) is 19.1. The van der Waals surface area contributed by atoms with Crippen LogP contribution in [-0.4, -0.2) is 31.3 Å². The van der Waals surface area contributed by atoms with E-state index in [-0.39, 0.29) is 11.3 Å². The Morgan fingerprint density at radius 1 is 0.857 bits per heavy atom. The number of methoxy groups -OCH3 is 2. The van der Waals surface area contributed by atoms with E-state index in [1.54, 1.807) is 49.4 Å². The molecule has 0 aliphatic carbocycles. The number of alkyl halides is 3. The molecule has 2 N–H and O–H groups in total. The smallest absolute Gasteiger partial charge is 0.416 e. The van der Waals surface area contributed by atoms with Crippen LogP contribution < -0.4 is 20.1 Å². The maximum absolute atomic E-state index is 12.9. The van der Waals surface area contributed by atoms with E-state index in [0.717, 1.165) is 12.1 Å². The number of halogens is 3. The van der Waals surface area contributed by atoms with Crippen molar-refractivity contribution in [1.29, 1.82) is 0 Å². The fraction of sp³-hybridized carbons (Fsp3) is 0.200. The van der Waals surface area contributed by atoms with Gasteiger partial charge in [0, 0.05) is 16.3 Å². The van der Waals surface area contributed by atoms with Crippen LogP contribution in [0, 0.1) is 0 Å². The van der Waals surface area contributed by atoms with Crippen LogP contribution in [0.2, 0.25) is 0 Å². The molecule has 2 amide bonds. The molecular weight excluding hydrogens is 481 g/mol. The largest absolute Gasteiger partial charge is 0.496 e. The molecule has 0 saturated heterocycles. The Morgan fingerprint density at radius 3 is 2.03 bits per heavy atom. The predicted molar refractivity (Wildman–Crippen MR) is 129 cm³/mol. The number of rotatable bonds is 8. The van der Waals surface area contributed by atoms with E-state index >= 15 is 0 Å².